The molecule has 2 rings (SSSR count). The monoisotopic (exact) mass is 565 g/mol. The lowest BCUT2D eigenvalue weighted by Gasteiger charge is -2.17. The number of aliphatic imine (C=N–C) groups is 1. The lowest BCUT2D eigenvalue weighted by atomic mass is 10.2. The summed E-state index contributed by atoms with van der Waals surface area (Å²) >= 11 is 7.02. The molecule has 0 fully saturated rings. The number of hydrogen-bond donors (Lipinski definition) is 1. The first-order valence-corrected chi connectivity index (χ1v) is 13.9. The van der Waals surface area contributed by atoms with Crippen molar-refractivity contribution in [2.24, 2.45) is 10.7 Å². The van der Waals surface area contributed by atoms with Gasteiger partial charge in [0.15, 0.2) is 9.84 Å². The van der Waals surface area contributed by atoms with Crippen LogP contribution in [0.5, 0.6) is 0 Å². The van der Waals surface area contributed by atoms with Gasteiger partial charge in [-0.15, -0.1) is 11.3 Å². The summed E-state index contributed by atoms with van der Waals surface area (Å²) in [5, 5.41) is -0.850. The minimum Gasteiger partial charge on any atom is -0.463 e. The van der Waals surface area contributed by atoms with E-state index in [2.05, 4.69) is 4.99 Å². The quantitative estimate of drug-likeness (QED) is 0.319. The molecule has 0 spiro atoms. The molecule has 7 nitrogen and oxygen atoms in total. The van der Waals surface area contributed by atoms with E-state index in [-0.39, 0.29) is 22.1 Å². The Bertz CT molecular complexity index is 1240. The average molecular weight is 566 g/mol. The molecule has 2 aromatic rings. The van der Waals surface area contributed by atoms with Crippen molar-refractivity contribution in [1.82, 2.24) is 4.90 Å². The zero-order chi connectivity index (χ0) is 27.1. The van der Waals surface area contributed by atoms with E-state index in [1.165, 1.54) is 18.2 Å². The minimum atomic E-state index is -4.91. The Balaban J connectivity index is 2.37. The van der Waals surface area contributed by atoms with E-state index >= 15 is 0 Å². The summed E-state index contributed by atoms with van der Waals surface area (Å²) in [7, 11) is -3.46. The fourth-order valence-corrected chi connectivity index (χ4v) is 5.03. The highest BCUT2D eigenvalue weighted by Crippen LogP contribution is 2.34. The molecule has 0 amide bonds. The van der Waals surface area contributed by atoms with Gasteiger partial charge in [-0.2, -0.15) is 13.2 Å². The largest absolute Gasteiger partial charge is 0.463 e. The predicted molar refractivity (Wildman–Crippen MR) is 136 cm³/mol. The van der Waals surface area contributed by atoms with Gasteiger partial charge in [-0.3, -0.25) is 9.79 Å². The van der Waals surface area contributed by atoms with Crippen LogP contribution in [0.15, 0.2) is 57.0 Å². The second kappa shape index (κ2) is 12.7. The van der Waals surface area contributed by atoms with E-state index in [9.17, 15) is 26.4 Å². The first-order valence-electron chi connectivity index (χ1n) is 10.8. The Morgan fingerprint density at radius 2 is 1.86 bits per heavy atom. The van der Waals surface area contributed by atoms with Gasteiger partial charge >= 0.3 is 12.1 Å². The molecule has 198 valence electrons. The third-order valence-electron chi connectivity index (χ3n) is 5.07. The zero-order valence-corrected chi connectivity index (χ0v) is 22.3. The molecule has 1 heterocycles. The summed E-state index contributed by atoms with van der Waals surface area (Å²) in [6.07, 6.45) is -3.84. The van der Waals surface area contributed by atoms with E-state index in [0.29, 0.717) is 17.0 Å². The number of nitrogens with two attached hydrogens (primary N) is 1. The molecular weight excluding hydrogens is 539 g/mol. The van der Waals surface area contributed by atoms with E-state index in [1.54, 1.807) is 18.2 Å². The molecule has 1 aromatic carbocycles. The molecule has 0 saturated heterocycles. The fourth-order valence-electron chi connectivity index (χ4n) is 3.03. The summed E-state index contributed by atoms with van der Waals surface area (Å²) in [6.45, 7) is 5.55. The van der Waals surface area contributed by atoms with E-state index < -0.39 is 39.3 Å². The van der Waals surface area contributed by atoms with E-state index in [4.69, 9.17) is 22.1 Å². The standard InChI is InChI=1S/C23H27ClF3N3O4S2/c1-4-30(5-2)11-12-34-19(31)14-29-21(20(24)22(28)23(25,26)27)18-10-9-17(35-18)15-7-6-8-16(13-15)36(3,32)33/h6-10,13H,4-5,11-12,14,28H2,1-3H3/b22-20+,29-21?. The van der Waals surface area contributed by atoms with Crippen molar-refractivity contribution < 1.29 is 31.1 Å². The van der Waals surface area contributed by atoms with Gasteiger partial charge in [-0.1, -0.05) is 37.6 Å². The highest BCUT2D eigenvalue weighted by molar-refractivity contribution is 7.90. The number of carbonyl (C=O) groups excluding carboxylic acids is 1. The van der Waals surface area contributed by atoms with Gasteiger partial charge in [-0.05, 0) is 42.9 Å². The van der Waals surface area contributed by atoms with Gasteiger partial charge in [0.2, 0.25) is 0 Å². The topological polar surface area (TPSA) is 102 Å². The maximum Gasteiger partial charge on any atom is 0.432 e. The van der Waals surface area contributed by atoms with Crippen molar-refractivity contribution in [2.45, 2.75) is 24.9 Å². The molecule has 0 aliphatic heterocycles. The summed E-state index contributed by atoms with van der Waals surface area (Å²) < 4.78 is 68.6. The first kappa shape index (κ1) is 29.8. The maximum absolute atomic E-state index is 13.2. The lowest BCUT2D eigenvalue weighted by Crippen LogP contribution is -2.28. The molecule has 0 bridgehead atoms. The van der Waals surface area contributed by atoms with Crippen LogP contribution in [0.3, 0.4) is 0 Å². The number of sulfone groups is 1. The number of hydrogen-bond acceptors (Lipinski definition) is 8. The Kier molecular flexibility index (Phi) is 10.5. The van der Waals surface area contributed by atoms with Crippen molar-refractivity contribution >= 4 is 44.5 Å². The molecule has 13 heteroatoms. The van der Waals surface area contributed by atoms with Gasteiger partial charge < -0.3 is 15.4 Å². The second-order valence-corrected chi connectivity index (χ2v) is 11.1. The molecule has 36 heavy (non-hydrogen) atoms. The molecule has 0 aliphatic rings. The van der Waals surface area contributed by atoms with Crippen LogP contribution in [0.1, 0.15) is 18.7 Å². The molecule has 1 aromatic heterocycles. The molecule has 0 unspecified atom stereocenters. The van der Waals surface area contributed by atoms with Crippen LogP contribution in [0.4, 0.5) is 13.2 Å². The third kappa shape index (κ3) is 8.32. The van der Waals surface area contributed by atoms with Crippen molar-refractivity contribution in [2.75, 3.05) is 39.0 Å². The first-order chi connectivity index (χ1) is 16.8. The summed E-state index contributed by atoms with van der Waals surface area (Å²) in [5.41, 5.74) is 3.90. The Morgan fingerprint density at radius 3 is 2.44 bits per heavy atom. The van der Waals surface area contributed by atoms with Crippen LogP contribution in [0.25, 0.3) is 10.4 Å². The fraction of sp³-hybridized carbons (Fsp3) is 0.391. The van der Waals surface area contributed by atoms with Crippen LogP contribution in [0.2, 0.25) is 0 Å². The number of esters is 1. The highest BCUT2D eigenvalue weighted by atomic mass is 35.5. The van der Waals surface area contributed by atoms with E-state index in [0.717, 1.165) is 30.7 Å². The van der Waals surface area contributed by atoms with Crippen LogP contribution >= 0.6 is 22.9 Å². The number of likely N-dealkylation sites (N-methyl/N-ethyl adjacent to an activating group) is 1. The van der Waals surface area contributed by atoms with Crippen molar-refractivity contribution in [3.05, 3.63) is 52.0 Å². The summed E-state index contributed by atoms with van der Waals surface area (Å²) in [5.74, 6) is -0.729. The van der Waals surface area contributed by atoms with Crippen LogP contribution < -0.4 is 5.73 Å². The van der Waals surface area contributed by atoms with Crippen LogP contribution in [-0.2, 0) is 19.4 Å². The highest BCUT2D eigenvalue weighted by Gasteiger charge is 2.35. The number of halogens is 4. The molecular formula is C23H27ClF3N3O4S2. The number of rotatable bonds is 11. The number of ether oxygens (including phenoxy) is 1. The molecule has 0 radical (unpaired) electrons. The number of benzene rings is 1. The summed E-state index contributed by atoms with van der Waals surface area (Å²) in [4.78, 5) is 19.1. The van der Waals surface area contributed by atoms with Crippen LogP contribution in [0, 0.1) is 0 Å². The summed E-state index contributed by atoms with van der Waals surface area (Å²) in [6, 6.07) is 9.18. The predicted octanol–water partition coefficient (Wildman–Crippen LogP) is 4.46. The number of alkyl halides is 3. The Labute approximate surface area is 217 Å². The molecule has 2 N–H and O–H groups in total. The molecule has 0 atom stereocenters. The van der Waals surface area contributed by atoms with E-state index in [1.807, 2.05) is 18.7 Å². The normalized spacial score (nSPS) is 13.6. The molecule has 0 aliphatic carbocycles. The van der Waals surface area contributed by atoms with Gasteiger partial charge in [-0.25, -0.2) is 8.42 Å². The SMILES string of the molecule is CCN(CC)CCOC(=O)CN=C(/C(Cl)=C(\N)C(F)(F)F)c1ccc(-c2cccc(S(C)(=O)=O)c2)s1. The smallest absolute Gasteiger partial charge is 0.432 e. The minimum absolute atomic E-state index is 0.0931. The number of thiophene rings is 1. The van der Waals surface area contributed by atoms with Crippen molar-refractivity contribution in [1.29, 1.82) is 0 Å². The van der Waals surface area contributed by atoms with Gasteiger partial charge in [0, 0.05) is 17.7 Å². The van der Waals surface area contributed by atoms with Gasteiger partial charge in [0.05, 0.1) is 20.5 Å². The number of carbonyl (C=O) groups is 1. The second-order valence-electron chi connectivity index (χ2n) is 7.60. The van der Waals surface area contributed by atoms with Gasteiger partial charge in [0.25, 0.3) is 0 Å². The van der Waals surface area contributed by atoms with Gasteiger partial charge in [0.1, 0.15) is 18.8 Å². The number of allylic oxidation sites excluding steroid dienone is 2. The average Bonchev–Trinajstić information content (AvgIpc) is 3.30. The Hall–Kier alpha value is -2.41. The zero-order valence-electron chi connectivity index (χ0n) is 19.9. The number of nitrogens with zero attached hydrogens (tertiary/aromatic N) is 2. The lowest BCUT2D eigenvalue weighted by molar-refractivity contribution is -0.142. The van der Waals surface area contributed by atoms with Crippen molar-refractivity contribution in [3.63, 3.8) is 0 Å². The van der Waals surface area contributed by atoms with Crippen LogP contribution in [-0.4, -0.2) is 70.2 Å². The molecule has 0 saturated carbocycles. The van der Waals surface area contributed by atoms with Crippen molar-refractivity contribution in [3.8, 4) is 10.4 Å². The maximum atomic E-state index is 13.2. The Morgan fingerprint density at radius 1 is 1.19 bits per heavy atom. The third-order valence-corrected chi connectivity index (χ3v) is 7.70.